The molecule has 0 saturated carbocycles. The first kappa shape index (κ1) is 21.4. The fourth-order valence-electron chi connectivity index (χ4n) is 6.44. The van der Waals surface area contributed by atoms with Crippen molar-refractivity contribution in [1.29, 1.82) is 0 Å². The van der Waals surface area contributed by atoms with Crippen molar-refractivity contribution in [3.8, 4) is 0 Å². The van der Waals surface area contributed by atoms with E-state index in [2.05, 4.69) is 55.1 Å². The molecule has 1 aromatic heterocycles. The quantitative estimate of drug-likeness (QED) is 0.416. The highest BCUT2D eigenvalue weighted by Gasteiger charge is 2.38. The predicted molar refractivity (Wildman–Crippen MR) is 131 cm³/mol. The second-order valence-electron chi connectivity index (χ2n) is 10.5. The lowest BCUT2D eigenvalue weighted by atomic mass is 9.90. The molecule has 3 unspecified atom stereocenters. The molecule has 0 spiro atoms. The van der Waals surface area contributed by atoms with Gasteiger partial charge in [-0.25, -0.2) is 13.1 Å². The second-order valence-corrected chi connectivity index (χ2v) is 11.8. The molecule has 6 heteroatoms. The molecule has 1 aromatic rings. The van der Waals surface area contributed by atoms with Crippen molar-refractivity contribution in [2.45, 2.75) is 82.7 Å². The average Bonchev–Trinajstić information content (AvgIpc) is 3.08. The molecule has 5 heterocycles. The van der Waals surface area contributed by atoms with Crippen LogP contribution >= 0.6 is 22.9 Å². The normalized spacial score (nSPS) is 32.5. The van der Waals surface area contributed by atoms with E-state index in [1.165, 1.54) is 96.1 Å². The fourth-order valence-corrected chi connectivity index (χ4v) is 6.99. The summed E-state index contributed by atoms with van der Waals surface area (Å²) in [4.78, 5) is 15.1. The van der Waals surface area contributed by atoms with Crippen LogP contribution in [0.3, 0.4) is 0 Å². The van der Waals surface area contributed by atoms with E-state index in [-0.39, 0.29) is 0 Å². The van der Waals surface area contributed by atoms with Gasteiger partial charge in [0.25, 0.3) is 0 Å². The maximum atomic E-state index is 4.90. The van der Waals surface area contributed by atoms with Gasteiger partial charge in [-0.2, -0.15) is 0 Å². The Balaban J connectivity index is 1.15. The Morgan fingerprint density at radius 3 is 2.27 bits per heavy atom. The molecule has 2 bridgehead atoms. The highest BCUT2D eigenvalue weighted by Crippen LogP contribution is 2.39. The van der Waals surface area contributed by atoms with Gasteiger partial charge in [0.05, 0.1) is 0 Å². The van der Waals surface area contributed by atoms with Crippen LogP contribution in [0.4, 0.5) is 5.95 Å². The summed E-state index contributed by atoms with van der Waals surface area (Å²) < 4.78 is 2.45. The molecule has 30 heavy (non-hydrogen) atoms. The van der Waals surface area contributed by atoms with Crippen molar-refractivity contribution >= 4 is 28.8 Å². The van der Waals surface area contributed by atoms with E-state index < -0.39 is 0 Å². The standard InChI is InChI=1S/C24H38IN5/c1-18-2-3-22-4-5-23(14-18)30(22)24-26-15-21(16-27-24)20-8-10-28(11-9-20)17-19-6-12-29(25)13-7-19/h15-16,18-20,22-23H,2-14,17H2,1H3. The molecule has 5 rings (SSSR count). The molecule has 0 aromatic carbocycles. The van der Waals surface area contributed by atoms with Gasteiger partial charge in [-0.05, 0) is 94.2 Å². The summed E-state index contributed by atoms with van der Waals surface area (Å²) in [6.45, 7) is 8.74. The van der Waals surface area contributed by atoms with Gasteiger partial charge in [-0.1, -0.05) is 6.92 Å². The topological polar surface area (TPSA) is 35.5 Å². The first-order valence-electron chi connectivity index (χ1n) is 12.4. The number of nitrogens with zero attached hydrogens (tertiary/aromatic N) is 5. The van der Waals surface area contributed by atoms with Crippen molar-refractivity contribution in [3.63, 3.8) is 0 Å². The average molecular weight is 524 g/mol. The number of hydrogen-bond donors (Lipinski definition) is 0. The predicted octanol–water partition coefficient (Wildman–Crippen LogP) is 4.88. The molecular weight excluding hydrogens is 485 g/mol. The van der Waals surface area contributed by atoms with Crippen LogP contribution in [0.25, 0.3) is 0 Å². The van der Waals surface area contributed by atoms with Crippen molar-refractivity contribution in [2.24, 2.45) is 11.8 Å². The Kier molecular flexibility index (Phi) is 6.82. The summed E-state index contributed by atoms with van der Waals surface area (Å²) in [5, 5.41) is 0. The lowest BCUT2D eigenvalue weighted by Gasteiger charge is -2.36. The first-order valence-corrected chi connectivity index (χ1v) is 13.4. The largest absolute Gasteiger partial charge is 0.335 e. The zero-order valence-electron chi connectivity index (χ0n) is 18.6. The number of anilines is 1. The number of halogens is 1. The Hall–Kier alpha value is -0.470. The molecule has 0 aliphatic carbocycles. The van der Waals surface area contributed by atoms with Gasteiger partial charge in [0, 0.05) is 67.0 Å². The Labute approximate surface area is 196 Å². The molecular formula is C24H38IN5. The van der Waals surface area contributed by atoms with E-state index in [1.54, 1.807) is 0 Å². The zero-order chi connectivity index (χ0) is 20.5. The van der Waals surface area contributed by atoms with Crippen LogP contribution in [0, 0.1) is 11.8 Å². The van der Waals surface area contributed by atoms with Gasteiger partial charge in [0.15, 0.2) is 0 Å². The van der Waals surface area contributed by atoms with Gasteiger partial charge >= 0.3 is 0 Å². The van der Waals surface area contributed by atoms with Crippen LogP contribution in [-0.4, -0.2) is 62.8 Å². The van der Waals surface area contributed by atoms with E-state index >= 15 is 0 Å². The number of likely N-dealkylation sites (tertiary alicyclic amines) is 1. The molecule has 166 valence electrons. The van der Waals surface area contributed by atoms with E-state index in [9.17, 15) is 0 Å². The molecule has 4 aliphatic heterocycles. The molecule has 0 amide bonds. The molecule has 3 atom stereocenters. The fraction of sp³-hybridized carbons (Fsp3) is 0.833. The lowest BCUT2D eigenvalue weighted by molar-refractivity contribution is 0.158. The highest BCUT2D eigenvalue weighted by atomic mass is 127. The van der Waals surface area contributed by atoms with Crippen molar-refractivity contribution in [1.82, 2.24) is 18.0 Å². The number of rotatable bonds is 4. The van der Waals surface area contributed by atoms with Gasteiger partial charge in [0.1, 0.15) is 0 Å². The van der Waals surface area contributed by atoms with Crippen LogP contribution in [-0.2, 0) is 0 Å². The van der Waals surface area contributed by atoms with Crippen LogP contribution < -0.4 is 4.90 Å². The number of fused-ring (bicyclic) bond motifs is 2. The molecule has 4 fully saturated rings. The summed E-state index contributed by atoms with van der Waals surface area (Å²) in [6.07, 6.45) is 16.2. The zero-order valence-corrected chi connectivity index (χ0v) is 20.7. The van der Waals surface area contributed by atoms with Crippen LogP contribution in [0.15, 0.2) is 12.4 Å². The van der Waals surface area contributed by atoms with Crippen LogP contribution in [0.1, 0.15) is 76.2 Å². The summed E-state index contributed by atoms with van der Waals surface area (Å²) >= 11 is 2.48. The van der Waals surface area contributed by atoms with Crippen molar-refractivity contribution < 1.29 is 0 Å². The summed E-state index contributed by atoms with van der Waals surface area (Å²) in [6, 6.07) is 1.34. The SMILES string of the molecule is CC1CCC2CCC(C1)N2c1ncc(C2CCN(CC3CCN(I)CC3)CC2)cn1. The van der Waals surface area contributed by atoms with E-state index in [0.29, 0.717) is 18.0 Å². The van der Waals surface area contributed by atoms with Crippen LogP contribution in [0.2, 0.25) is 0 Å². The monoisotopic (exact) mass is 523 g/mol. The molecule has 5 nitrogen and oxygen atoms in total. The Bertz CT molecular complexity index is 681. The minimum atomic E-state index is 0.646. The third-order valence-electron chi connectivity index (χ3n) is 8.31. The number of hydrogen-bond acceptors (Lipinski definition) is 5. The smallest absolute Gasteiger partial charge is 0.225 e. The van der Waals surface area contributed by atoms with Crippen molar-refractivity contribution in [3.05, 3.63) is 18.0 Å². The van der Waals surface area contributed by atoms with Crippen LogP contribution in [0.5, 0.6) is 0 Å². The maximum absolute atomic E-state index is 4.90. The van der Waals surface area contributed by atoms with Crippen molar-refractivity contribution in [2.75, 3.05) is 37.6 Å². The summed E-state index contributed by atoms with van der Waals surface area (Å²) in [5.41, 5.74) is 1.37. The molecule has 4 saturated heterocycles. The van der Waals surface area contributed by atoms with E-state index in [4.69, 9.17) is 9.97 Å². The lowest BCUT2D eigenvalue weighted by Crippen LogP contribution is -2.39. The highest BCUT2D eigenvalue weighted by molar-refractivity contribution is 14.1. The Morgan fingerprint density at radius 2 is 1.53 bits per heavy atom. The van der Waals surface area contributed by atoms with Gasteiger partial charge in [-0.15, -0.1) is 0 Å². The molecule has 0 radical (unpaired) electrons. The first-order chi connectivity index (χ1) is 14.7. The number of aromatic nitrogens is 2. The van der Waals surface area contributed by atoms with E-state index in [1.807, 2.05) is 0 Å². The second kappa shape index (κ2) is 9.57. The van der Waals surface area contributed by atoms with Gasteiger partial charge in [-0.3, -0.25) is 0 Å². The molecule has 4 aliphatic rings. The third-order valence-corrected chi connectivity index (χ3v) is 9.28. The van der Waals surface area contributed by atoms with Gasteiger partial charge < -0.3 is 9.80 Å². The number of piperidine rings is 2. The minimum Gasteiger partial charge on any atom is -0.335 e. The van der Waals surface area contributed by atoms with E-state index in [0.717, 1.165) is 17.8 Å². The van der Waals surface area contributed by atoms with Gasteiger partial charge in [0.2, 0.25) is 5.95 Å². The molecule has 0 N–H and O–H groups in total. The minimum absolute atomic E-state index is 0.646. The summed E-state index contributed by atoms with van der Waals surface area (Å²) in [5.74, 6) is 3.40. The summed E-state index contributed by atoms with van der Waals surface area (Å²) in [7, 11) is 0. The Morgan fingerprint density at radius 1 is 0.867 bits per heavy atom. The third kappa shape index (κ3) is 4.80. The maximum Gasteiger partial charge on any atom is 0.225 e.